The van der Waals surface area contributed by atoms with E-state index in [4.69, 9.17) is 9.47 Å². The Morgan fingerprint density at radius 1 is 1.10 bits per heavy atom. The van der Waals surface area contributed by atoms with Gasteiger partial charge in [0.1, 0.15) is 5.75 Å². The molecule has 0 aliphatic carbocycles. The Kier molecular flexibility index (Phi) is 8.44. The Hall–Kier alpha value is -2.90. The Labute approximate surface area is 183 Å². The highest BCUT2D eigenvalue weighted by atomic mass is 16.5. The first kappa shape index (κ1) is 22.8. The van der Waals surface area contributed by atoms with Crippen LogP contribution >= 0.6 is 0 Å². The van der Waals surface area contributed by atoms with Gasteiger partial charge in [0.05, 0.1) is 18.8 Å². The number of nitrogens with one attached hydrogen (secondary N) is 3. The van der Waals surface area contributed by atoms with Crippen LogP contribution in [-0.2, 0) is 16.1 Å². The fourth-order valence-electron chi connectivity index (χ4n) is 3.30. The molecule has 3 N–H and O–H groups in total. The highest BCUT2D eigenvalue weighted by Crippen LogP contribution is 2.14. The van der Waals surface area contributed by atoms with Crippen molar-refractivity contribution in [3.8, 4) is 5.75 Å². The van der Waals surface area contributed by atoms with Crippen molar-refractivity contribution < 1.29 is 19.1 Å². The summed E-state index contributed by atoms with van der Waals surface area (Å²) < 4.78 is 11.1. The average molecular weight is 426 g/mol. The zero-order valence-corrected chi connectivity index (χ0v) is 18.1. The van der Waals surface area contributed by atoms with E-state index in [1.165, 1.54) is 0 Å². The molecule has 2 aromatic carbocycles. The van der Waals surface area contributed by atoms with Gasteiger partial charge < -0.3 is 25.4 Å². The molecule has 1 saturated heterocycles. The quantitative estimate of drug-likeness (QED) is 0.544. The number of benzene rings is 2. The topological polar surface area (TPSA) is 88.7 Å². The number of hydrogen-bond acceptors (Lipinski definition) is 5. The third-order valence-electron chi connectivity index (χ3n) is 4.85. The summed E-state index contributed by atoms with van der Waals surface area (Å²) in [4.78, 5) is 24.4. The summed E-state index contributed by atoms with van der Waals surface area (Å²) in [6.45, 7) is 6.04. The van der Waals surface area contributed by atoms with Crippen LogP contribution in [0, 0.1) is 0 Å². The fourth-order valence-corrected chi connectivity index (χ4v) is 3.30. The van der Waals surface area contributed by atoms with Crippen LogP contribution in [0.25, 0.3) is 0 Å². The molecule has 0 spiro atoms. The van der Waals surface area contributed by atoms with E-state index in [-0.39, 0.29) is 30.6 Å². The molecular weight excluding hydrogens is 394 g/mol. The predicted octanol–water partition coefficient (Wildman–Crippen LogP) is 3.11. The van der Waals surface area contributed by atoms with Crippen LogP contribution in [0.2, 0.25) is 0 Å². The number of ether oxygens (including phenoxy) is 2. The third kappa shape index (κ3) is 7.70. The van der Waals surface area contributed by atoms with E-state index in [9.17, 15) is 9.59 Å². The molecule has 2 aromatic rings. The Balaban J connectivity index is 1.37. The first-order valence-corrected chi connectivity index (χ1v) is 10.8. The second kappa shape index (κ2) is 11.5. The maximum absolute atomic E-state index is 12.2. The van der Waals surface area contributed by atoms with E-state index in [1.54, 1.807) is 24.3 Å². The van der Waals surface area contributed by atoms with Crippen LogP contribution in [0.4, 0.5) is 5.69 Å². The number of carbonyl (C=O) groups is 2. The number of anilines is 1. The van der Waals surface area contributed by atoms with Gasteiger partial charge in [-0.25, -0.2) is 0 Å². The molecule has 166 valence electrons. The van der Waals surface area contributed by atoms with Crippen LogP contribution in [0.5, 0.6) is 5.75 Å². The Bertz CT molecular complexity index is 844. The van der Waals surface area contributed by atoms with E-state index < -0.39 is 0 Å². The second-order valence-corrected chi connectivity index (χ2v) is 7.88. The lowest BCUT2D eigenvalue weighted by atomic mass is 10.2. The molecule has 0 saturated carbocycles. The SMILES string of the molecule is CC(C)Oc1ccc(CNCC(=O)Nc2ccc(C(=O)NCC3CCCO3)cc2)cc1. The minimum absolute atomic E-state index is 0.112. The lowest BCUT2D eigenvalue weighted by Crippen LogP contribution is -2.31. The standard InChI is InChI=1S/C24H31N3O4/c1-17(2)31-21-11-5-18(6-12-21)14-25-16-23(28)27-20-9-7-19(8-10-20)24(29)26-15-22-4-3-13-30-22/h5-12,17,22,25H,3-4,13-16H2,1-2H3,(H,26,29)(H,27,28). The van der Waals surface area contributed by atoms with Crippen molar-refractivity contribution in [2.45, 2.75) is 45.4 Å². The van der Waals surface area contributed by atoms with E-state index in [0.29, 0.717) is 24.3 Å². The van der Waals surface area contributed by atoms with Crippen LogP contribution in [0.3, 0.4) is 0 Å². The summed E-state index contributed by atoms with van der Waals surface area (Å²) >= 11 is 0. The normalized spacial score (nSPS) is 15.6. The monoisotopic (exact) mass is 425 g/mol. The summed E-state index contributed by atoms with van der Waals surface area (Å²) in [7, 11) is 0. The van der Waals surface area contributed by atoms with Gasteiger partial charge in [-0.3, -0.25) is 9.59 Å². The largest absolute Gasteiger partial charge is 0.491 e. The minimum atomic E-state index is -0.143. The van der Waals surface area contributed by atoms with Crippen molar-refractivity contribution in [3.63, 3.8) is 0 Å². The zero-order valence-electron chi connectivity index (χ0n) is 18.1. The van der Waals surface area contributed by atoms with Crippen molar-refractivity contribution in [3.05, 3.63) is 59.7 Å². The summed E-state index contributed by atoms with van der Waals surface area (Å²) in [5, 5.41) is 8.84. The molecule has 1 unspecified atom stereocenters. The van der Waals surface area contributed by atoms with Crippen LogP contribution in [-0.4, -0.2) is 43.7 Å². The van der Waals surface area contributed by atoms with Gasteiger partial charge in [-0.05, 0) is 68.7 Å². The number of hydrogen-bond donors (Lipinski definition) is 3. The molecule has 0 bridgehead atoms. The van der Waals surface area contributed by atoms with E-state index in [0.717, 1.165) is 30.8 Å². The summed E-state index contributed by atoms with van der Waals surface area (Å²) in [6.07, 6.45) is 2.28. The van der Waals surface area contributed by atoms with E-state index >= 15 is 0 Å². The highest BCUT2D eigenvalue weighted by Gasteiger charge is 2.16. The highest BCUT2D eigenvalue weighted by molar-refractivity contribution is 5.96. The molecule has 0 aromatic heterocycles. The molecule has 31 heavy (non-hydrogen) atoms. The zero-order chi connectivity index (χ0) is 22.1. The summed E-state index contributed by atoms with van der Waals surface area (Å²) in [6, 6.07) is 14.7. The van der Waals surface area contributed by atoms with Crippen LogP contribution in [0.15, 0.2) is 48.5 Å². The molecule has 7 nitrogen and oxygen atoms in total. The number of rotatable bonds is 10. The molecule has 1 aliphatic rings. The Morgan fingerprint density at radius 3 is 2.48 bits per heavy atom. The molecule has 3 rings (SSSR count). The lowest BCUT2D eigenvalue weighted by Gasteiger charge is -2.11. The third-order valence-corrected chi connectivity index (χ3v) is 4.85. The fraction of sp³-hybridized carbons (Fsp3) is 0.417. The molecule has 0 radical (unpaired) electrons. The molecule has 7 heteroatoms. The number of amides is 2. The summed E-state index contributed by atoms with van der Waals surface area (Å²) in [5.74, 6) is 0.552. The Morgan fingerprint density at radius 2 is 1.84 bits per heavy atom. The predicted molar refractivity (Wildman–Crippen MR) is 120 cm³/mol. The lowest BCUT2D eigenvalue weighted by molar-refractivity contribution is -0.115. The second-order valence-electron chi connectivity index (χ2n) is 7.88. The molecule has 2 amide bonds. The van der Waals surface area contributed by atoms with E-state index in [2.05, 4.69) is 16.0 Å². The first-order valence-electron chi connectivity index (χ1n) is 10.8. The molecule has 1 fully saturated rings. The van der Waals surface area contributed by atoms with Gasteiger partial charge in [-0.15, -0.1) is 0 Å². The maximum Gasteiger partial charge on any atom is 0.251 e. The van der Waals surface area contributed by atoms with E-state index in [1.807, 2.05) is 38.1 Å². The van der Waals surface area contributed by atoms with Gasteiger partial charge in [0.15, 0.2) is 0 Å². The van der Waals surface area contributed by atoms with Gasteiger partial charge >= 0.3 is 0 Å². The van der Waals surface area contributed by atoms with Crippen molar-refractivity contribution in [2.75, 3.05) is 25.0 Å². The summed E-state index contributed by atoms with van der Waals surface area (Å²) in [5.41, 5.74) is 2.28. The van der Waals surface area contributed by atoms with Gasteiger partial charge in [0.25, 0.3) is 5.91 Å². The van der Waals surface area contributed by atoms with Crippen molar-refractivity contribution in [1.82, 2.24) is 10.6 Å². The van der Waals surface area contributed by atoms with Crippen LogP contribution < -0.4 is 20.7 Å². The van der Waals surface area contributed by atoms with Gasteiger partial charge in [-0.2, -0.15) is 0 Å². The molecule has 1 heterocycles. The van der Waals surface area contributed by atoms with Crippen molar-refractivity contribution >= 4 is 17.5 Å². The maximum atomic E-state index is 12.2. The first-order chi connectivity index (χ1) is 15.0. The molecular formula is C24H31N3O4. The van der Waals surface area contributed by atoms with Gasteiger partial charge in [-0.1, -0.05) is 12.1 Å². The van der Waals surface area contributed by atoms with Gasteiger partial charge in [0, 0.05) is 30.9 Å². The molecule has 1 aliphatic heterocycles. The molecule has 1 atom stereocenters. The van der Waals surface area contributed by atoms with Crippen LogP contribution in [0.1, 0.15) is 42.6 Å². The smallest absolute Gasteiger partial charge is 0.251 e. The average Bonchev–Trinajstić information content (AvgIpc) is 3.27. The number of carbonyl (C=O) groups excluding carboxylic acids is 2. The van der Waals surface area contributed by atoms with Crippen molar-refractivity contribution in [2.24, 2.45) is 0 Å². The van der Waals surface area contributed by atoms with Gasteiger partial charge in [0.2, 0.25) is 5.91 Å². The minimum Gasteiger partial charge on any atom is -0.491 e. The van der Waals surface area contributed by atoms with Crippen molar-refractivity contribution in [1.29, 1.82) is 0 Å².